The maximum atomic E-state index is 11.0. The Bertz CT molecular complexity index is 101. The van der Waals surface area contributed by atoms with Gasteiger partial charge in [-0.3, -0.25) is 4.79 Å². The summed E-state index contributed by atoms with van der Waals surface area (Å²) < 4.78 is 0. The maximum Gasteiger partial charge on any atom is 0.135 e. The van der Waals surface area contributed by atoms with Crippen molar-refractivity contribution in [1.29, 1.82) is 0 Å². The predicted octanol–water partition coefficient (Wildman–Crippen LogP) is 1.34. The lowest BCUT2D eigenvalue weighted by atomic mass is 9.99. The van der Waals surface area contributed by atoms with E-state index in [0.717, 1.165) is 12.8 Å². The van der Waals surface area contributed by atoms with Gasteiger partial charge in [-0.15, -0.1) is 0 Å². The zero-order valence-corrected chi connectivity index (χ0v) is 6.89. The lowest BCUT2D eigenvalue weighted by Crippen LogP contribution is -2.11. The number of rotatable bonds is 5. The number of hydrogen-bond donors (Lipinski definition) is 1. The van der Waals surface area contributed by atoms with Crippen molar-refractivity contribution < 1.29 is 4.79 Å². The van der Waals surface area contributed by atoms with Gasteiger partial charge in [0.05, 0.1) is 0 Å². The van der Waals surface area contributed by atoms with E-state index in [9.17, 15) is 4.79 Å². The van der Waals surface area contributed by atoms with Gasteiger partial charge < -0.3 is 5.73 Å². The Labute approximate surface area is 62.8 Å². The Morgan fingerprint density at radius 3 is 2.60 bits per heavy atom. The quantitative estimate of drug-likeness (QED) is 0.631. The molecule has 0 rings (SSSR count). The average Bonchev–Trinajstić information content (AvgIpc) is 1.98. The Hall–Kier alpha value is -0.370. The van der Waals surface area contributed by atoms with E-state index in [1.54, 1.807) is 0 Å². The van der Waals surface area contributed by atoms with Crippen LogP contribution in [0.2, 0.25) is 0 Å². The van der Waals surface area contributed by atoms with E-state index in [1.165, 1.54) is 0 Å². The zero-order chi connectivity index (χ0) is 7.98. The summed E-state index contributed by atoms with van der Waals surface area (Å²) in [6.45, 7) is 4.57. The van der Waals surface area contributed by atoms with Crippen LogP contribution < -0.4 is 5.73 Å². The molecule has 0 bridgehead atoms. The normalized spacial score (nSPS) is 13.1. The molecule has 1 unspecified atom stereocenters. The van der Waals surface area contributed by atoms with Crippen molar-refractivity contribution in [1.82, 2.24) is 0 Å². The van der Waals surface area contributed by atoms with Gasteiger partial charge in [-0.1, -0.05) is 13.8 Å². The molecule has 0 aliphatic heterocycles. The second-order valence-corrected chi connectivity index (χ2v) is 2.65. The number of nitrogens with two attached hydrogens (primary N) is 1. The summed E-state index contributed by atoms with van der Waals surface area (Å²) in [5.74, 6) is 0.571. The molecule has 60 valence electrons. The van der Waals surface area contributed by atoms with Gasteiger partial charge in [0.25, 0.3) is 0 Å². The van der Waals surface area contributed by atoms with Gasteiger partial charge in [0.2, 0.25) is 0 Å². The van der Waals surface area contributed by atoms with Gasteiger partial charge in [0.15, 0.2) is 0 Å². The van der Waals surface area contributed by atoms with Crippen LogP contribution in [0.25, 0.3) is 0 Å². The predicted molar refractivity (Wildman–Crippen MR) is 42.8 cm³/mol. The third-order valence-electron chi connectivity index (χ3n) is 1.74. The van der Waals surface area contributed by atoms with Crippen LogP contribution in [-0.4, -0.2) is 12.3 Å². The molecule has 0 saturated carbocycles. The highest BCUT2D eigenvalue weighted by molar-refractivity contribution is 5.80. The second kappa shape index (κ2) is 5.42. The van der Waals surface area contributed by atoms with Crippen molar-refractivity contribution in [2.45, 2.75) is 33.1 Å². The molecule has 0 aromatic rings. The summed E-state index contributed by atoms with van der Waals surface area (Å²) in [5.41, 5.74) is 5.31. The molecule has 10 heavy (non-hydrogen) atoms. The first-order valence-electron chi connectivity index (χ1n) is 3.95. The van der Waals surface area contributed by atoms with E-state index in [0.29, 0.717) is 18.7 Å². The van der Waals surface area contributed by atoms with Crippen LogP contribution in [0.15, 0.2) is 0 Å². The first kappa shape index (κ1) is 9.63. The number of hydrogen-bond acceptors (Lipinski definition) is 2. The van der Waals surface area contributed by atoms with Crippen LogP contribution in [0.4, 0.5) is 0 Å². The summed E-state index contributed by atoms with van der Waals surface area (Å²) in [6, 6.07) is 0. The standard InChI is InChI=1S/C8H17NO/c1-3-8(10)7(2)5-4-6-9/h7H,3-6,9H2,1-2H3. The van der Waals surface area contributed by atoms with E-state index >= 15 is 0 Å². The van der Waals surface area contributed by atoms with Crippen molar-refractivity contribution in [3.63, 3.8) is 0 Å². The molecule has 2 nitrogen and oxygen atoms in total. The first-order chi connectivity index (χ1) is 4.72. The highest BCUT2D eigenvalue weighted by Crippen LogP contribution is 2.07. The van der Waals surface area contributed by atoms with Crippen molar-refractivity contribution >= 4 is 5.78 Å². The molecule has 0 radical (unpaired) electrons. The van der Waals surface area contributed by atoms with E-state index < -0.39 is 0 Å². The van der Waals surface area contributed by atoms with E-state index in [2.05, 4.69) is 0 Å². The Kier molecular flexibility index (Phi) is 5.22. The summed E-state index contributed by atoms with van der Waals surface area (Å²) >= 11 is 0. The van der Waals surface area contributed by atoms with E-state index in [-0.39, 0.29) is 5.92 Å². The van der Waals surface area contributed by atoms with Crippen LogP contribution in [0, 0.1) is 5.92 Å². The fourth-order valence-corrected chi connectivity index (χ4v) is 0.933. The van der Waals surface area contributed by atoms with Crippen LogP contribution in [0.5, 0.6) is 0 Å². The third-order valence-corrected chi connectivity index (χ3v) is 1.74. The van der Waals surface area contributed by atoms with Crippen molar-refractivity contribution in [3.8, 4) is 0 Å². The van der Waals surface area contributed by atoms with Crippen molar-refractivity contribution in [3.05, 3.63) is 0 Å². The minimum atomic E-state index is 0.216. The number of Topliss-reactive ketones (excluding diaryl/α,β-unsaturated/α-hetero) is 1. The molecular weight excluding hydrogens is 126 g/mol. The molecule has 0 saturated heterocycles. The minimum absolute atomic E-state index is 0.216. The van der Waals surface area contributed by atoms with Crippen molar-refractivity contribution in [2.24, 2.45) is 11.7 Å². The molecule has 1 atom stereocenters. The van der Waals surface area contributed by atoms with Gasteiger partial charge >= 0.3 is 0 Å². The molecule has 0 aromatic carbocycles. The average molecular weight is 143 g/mol. The van der Waals surface area contributed by atoms with Gasteiger partial charge in [-0.2, -0.15) is 0 Å². The molecule has 0 aliphatic carbocycles. The molecule has 0 fully saturated rings. The first-order valence-corrected chi connectivity index (χ1v) is 3.95. The number of ketones is 1. The Morgan fingerprint density at radius 1 is 1.60 bits per heavy atom. The lowest BCUT2D eigenvalue weighted by molar-refractivity contribution is -0.122. The molecule has 0 aromatic heterocycles. The molecule has 2 heteroatoms. The van der Waals surface area contributed by atoms with Gasteiger partial charge in [-0.05, 0) is 19.4 Å². The SMILES string of the molecule is CCC(=O)C(C)CCCN. The van der Waals surface area contributed by atoms with E-state index in [1.807, 2.05) is 13.8 Å². The summed E-state index contributed by atoms with van der Waals surface area (Å²) in [6.07, 6.45) is 2.57. The monoisotopic (exact) mass is 143 g/mol. The fraction of sp³-hybridized carbons (Fsp3) is 0.875. The highest BCUT2D eigenvalue weighted by Gasteiger charge is 2.08. The largest absolute Gasteiger partial charge is 0.330 e. The minimum Gasteiger partial charge on any atom is -0.330 e. The summed E-state index contributed by atoms with van der Waals surface area (Å²) in [4.78, 5) is 11.0. The molecule has 0 heterocycles. The van der Waals surface area contributed by atoms with Gasteiger partial charge in [0.1, 0.15) is 5.78 Å². The zero-order valence-electron chi connectivity index (χ0n) is 6.89. The molecule has 2 N–H and O–H groups in total. The highest BCUT2D eigenvalue weighted by atomic mass is 16.1. The van der Waals surface area contributed by atoms with E-state index in [4.69, 9.17) is 5.73 Å². The van der Waals surface area contributed by atoms with Crippen LogP contribution in [-0.2, 0) is 4.79 Å². The number of carbonyl (C=O) groups is 1. The fourth-order valence-electron chi connectivity index (χ4n) is 0.933. The van der Waals surface area contributed by atoms with Crippen LogP contribution >= 0.6 is 0 Å². The number of carbonyl (C=O) groups excluding carboxylic acids is 1. The van der Waals surface area contributed by atoms with Crippen molar-refractivity contribution in [2.75, 3.05) is 6.54 Å². The molecule has 0 spiro atoms. The third kappa shape index (κ3) is 3.62. The van der Waals surface area contributed by atoms with Crippen LogP contribution in [0.1, 0.15) is 33.1 Å². The second-order valence-electron chi connectivity index (χ2n) is 2.65. The van der Waals surface area contributed by atoms with Gasteiger partial charge in [-0.25, -0.2) is 0 Å². The van der Waals surface area contributed by atoms with Gasteiger partial charge in [0, 0.05) is 12.3 Å². The topological polar surface area (TPSA) is 43.1 Å². The Morgan fingerprint density at radius 2 is 2.20 bits per heavy atom. The summed E-state index contributed by atoms with van der Waals surface area (Å²) in [7, 11) is 0. The molecule has 0 aliphatic rings. The maximum absolute atomic E-state index is 11.0. The Balaban J connectivity index is 3.41. The lowest BCUT2D eigenvalue weighted by Gasteiger charge is -2.06. The molecule has 0 amide bonds. The smallest absolute Gasteiger partial charge is 0.135 e. The molecular formula is C8H17NO. The summed E-state index contributed by atoms with van der Waals surface area (Å²) in [5, 5.41) is 0. The van der Waals surface area contributed by atoms with Crippen LogP contribution in [0.3, 0.4) is 0 Å².